The van der Waals surface area contributed by atoms with Crippen molar-refractivity contribution in [1.82, 2.24) is 4.72 Å². The molecule has 20 heavy (non-hydrogen) atoms. The summed E-state index contributed by atoms with van der Waals surface area (Å²) in [5.74, 6) is -0.0250. The van der Waals surface area contributed by atoms with Crippen LogP contribution in [0.2, 0.25) is 5.02 Å². The Hall–Kier alpha value is -0.820. The lowest BCUT2D eigenvalue weighted by atomic mass is 10.1. The summed E-state index contributed by atoms with van der Waals surface area (Å²) in [4.78, 5) is 0.0641. The topological polar surface area (TPSA) is 92.4 Å². The Labute approximate surface area is 124 Å². The fourth-order valence-electron chi connectivity index (χ4n) is 2.51. The van der Waals surface area contributed by atoms with Crippen LogP contribution in [0.4, 0.5) is 5.69 Å². The highest BCUT2D eigenvalue weighted by molar-refractivity contribution is 7.89. The van der Waals surface area contributed by atoms with Gasteiger partial charge in [-0.25, -0.2) is 13.1 Å². The van der Waals surface area contributed by atoms with Gasteiger partial charge in [-0.1, -0.05) is 18.0 Å². The fourth-order valence-corrected chi connectivity index (χ4v) is 4.20. The van der Waals surface area contributed by atoms with E-state index in [4.69, 9.17) is 17.3 Å². The van der Waals surface area contributed by atoms with Crippen LogP contribution in [-0.2, 0) is 10.0 Å². The molecule has 0 aliphatic heterocycles. The zero-order valence-electron chi connectivity index (χ0n) is 11.3. The average Bonchev–Trinajstić information content (AvgIpc) is 2.81. The van der Waals surface area contributed by atoms with Gasteiger partial charge in [0.25, 0.3) is 0 Å². The van der Waals surface area contributed by atoms with Gasteiger partial charge in [-0.3, -0.25) is 0 Å². The smallest absolute Gasteiger partial charge is 0.240 e. The normalized spacial score (nSPS) is 23.1. The molecule has 2 atom stereocenters. The summed E-state index contributed by atoms with van der Waals surface area (Å²) in [7, 11) is -3.67. The molecule has 0 radical (unpaired) electrons. The Kier molecular flexibility index (Phi) is 4.59. The number of sulfonamides is 1. The lowest BCUT2D eigenvalue weighted by Crippen LogP contribution is -2.38. The zero-order valence-corrected chi connectivity index (χ0v) is 12.8. The number of benzene rings is 1. The standard InChI is InChI=1S/C13H19ClN2O3S/c1-8-11(14)5-10(6-12(8)15)20(18,19)16-13-4-2-3-9(13)7-17/h5-6,9,13,16-17H,2-4,7,15H2,1H3. The molecule has 2 unspecified atom stereocenters. The van der Waals surface area contributed by atoms with E-state index in [0.717, 1.165) is 19.3 Å². The molecule has 0 heterocycles. The second kappa shape index (κ2) is 5.89. The molecule has 7 heteroatoms. The van der Waals surface area contributed by atoms with Crippen molar-refractivity contribution in [2.75, 3.05) is 12.3 Å². The van der Waals surface area contributed by atoms with Crippen LogP contribution in [0.5, 0.6) is 0 Å². The van der Waals surface area contributed by atoms with Gasteiger partial charge in [0.05, 0.1) is 4.90 Å². The third-order valence-corrected chi connectivity index (χ3v) is 5.73. The first-order valence-corrected chi connectivity index (χ1v) is 8.40. The molecular weight excluding hydrogens is 300 g/mol. The summed E-state index contributed by atoms with van der Waals surface area (Å²) in [6.07, 6.45) is 2.48. The molecule has 4 N–H and O–H groups in total. The lowest BCUT2D eigenvalue weighted by molar-refractivity contribution is 0.213. The molecule has 112 valence electrons. The molecule has 0 saturated heterocycles. The minimum absolute atomic E-state index is 0.00994. The van der Waals surface area contributed by atoms with Crippen LogP contribution >= 0.6 is 11.6 Å². The van der Waals surface area contributed by atoms with Crippen LogP contribution in [0.3, 0.4) is 0 Å². The molecule has 1 aliphatic carbocycles. The van der Waals surface area contributed by atoms with E-state index in [-0.39, 0.29) is 23.5 Å². The summed E-state index contributed by atoms with van der Waals surface area (Å²) < 4.78 is 27.4. The van der Waals surface area contributed by atoms with Gasteiger partial charge in [0.2, 0.25) is 10.0 Å². The van der Waals surface area contributed by atoms with Crippen LogP contribution in [0, 0.1) is 12.8 Å². The fraction of sp³-hybridized carbons (Fsp3) is 0.538. The maximum atomic E-state index is 12.4. The SMILES string of the molecule is Cc1c(N)cc(S(=O)(=O)NC2CCCC2CO)cc1Cl. The van der Waals surface area contributed by atoms with Gasteiger partial charge < -0.3 is 10.8 Å². The van der Waals surface area contributed by atoms with E-state index in [1.165, 1.54) is 12.1 Å². The number of nitrogen functional groups attached to an aromatic ring is 1. The first kappa shape index (κ1) is 15.6. The molecule has 0 spiro atoms. The highest BCUT2D eigenvalue weighted by atomic mass is 35.5. The van der Waals surface area contributed by atoms with E-state index >= 15 is 0 Å². The van der Waals surface area contributed by atoms with E-state index in [2.05, 4.69) is 4.72 Å². The molecule has 1 aromatic rings. The summed E-state index contributed by atoms with van der Waals surface area (Å²) in [6.45, 7) is 1.73. The van der Waals surface area contributed by atoms with Gasteiger partial charge in [-0.15, -0.1) is 0 Å². The van der Waals surface area contributed by atoms with Crippen LogP contribution < -0.4 is 10.5 Å². The quantitative estimate of drug-likeness (QED) is 0.736. The van der Waals surface area contributed by atoms with Crippen molar-refractivity contribution >= 4 is 27.3 Å². The van der Waals surface area contributed by atoms with Crippen molar-refractivity contribution in [3.63, 3.8) is 0 Å². The van der Waals surface area contributed by atoms with Crippen LogP contribution in [0.1, 0.15) is 24.8 Å². The van der Waals surface area contributed by atoms with E-state index < -0.39 is 10.0 Å². The van der Waals surface area contributed by atoms with Gasteiger partial charge in [-0.05, 0) is 43.4 Å². The lowest BCUT2D eigenvalue weighted by Gasteiger charge is -2.19. The van der Waals surface area contributed by atoms with Gasteiger partial charge in [0.1, 0.15) is 0 Å². The number of aliphatic hydroxyl groups excluding tert-OH is 1. The van der Waals surface area contributed by atoms with Crippen molar-refractivity contribution in [1.29, 1.82) is 0 Å². The second-order valence-electron chi connectivity index (χ2n) is 5.22. The van der Waals surface area contributed by atoms with E-state index in [1.54, 1.807) is 6.92 Å². The number of nitrogens with one attached hydrogen (secondary N) is 1. The summed E-state index contributed by atoms with van der Waals surface area (Å²) in [5.41, 5.74) is 6.78. The maximum Gasteiger partial charge on any atom is 0.240 e. The van der Waals surface area contributed by atoms with Crippen molar-refractivity contribution in [2.45, 2.75) is 37.1 Å². The maximum absolute atomic E-state index is 12.4. The van der Waals surface area contributed by atoms with Gasteiger partial charge >= 0.3 is 0 Å². The molecule has 1 aliphatic rings. The Morgan fingerprint density at radius 2 is 2.15 bits per heavy atom. The van der Waals surface area contributed by atoms with Gasteiger partial charge in [-0.2, -0.15) is 0 Å². The summed E-state index contributed by atoms with van der Waals surface area (Å²) in [6, 6.07) is 2.58. The second-order valence-corrected chi connectivity index (χ2v) is 7.34. The Morgan fingerprint density at radius 1 is 1.45 bits per heavy atom. The van der Waals surface area contributed by atoms with Crippen molar-refractivity contribution in [2.24, 2.45) is 5.92 Å². The summed E-state index contributed by atoms with van der Waals surface area (Å²) in [5, 5.41) is 9.58. The van der Waals surface area contributed by atoms with E-state index in [1.807, 2.05) is 0 Å². The van der Waals surface area contributed by atoms with Gasteiger partial charge in [0.15, 0.2) is 0 Å². The monoisotopic (exact) mass is 318 g/mol. The molecular formula is C13H19ClN2O3S. The largest absolute Gasteiger partial charge is 0.398 e. The van der Waals surface area contributed by atoms with Crippen molar-refractivity contribution < 1.29 is 13.5 Å². The number of nitrogens with two attached hydrogens (primary N) is 1. The molecule has 5 nitrogen and oxygen atoms in total. The predicted octanol–water partition coefficient (Wildman–Crippen LogP) is 1.67. The molecule has 1 aromatic carbocycles. The van der Waals surface area contributed by atoms with Crippen molar-refractivity contribution in [3.05, 3.63) is 22.7 Å². The van der Waals surface area contributed by atoms with E-state index in [0.29, 0.717) is 16.3 Å². The Balaban J connectivity index is 2.27. The third kappa shape index (κ3) is 3.09. The third-order valence-electron chi connectivity index (χ3n) is 3.87. The first-order chi connectivity index (χ1) is 9.35. The Morgan fingerprint density at radius 3 is 2.75 bits per heavy atom. The number of halogens is 1. The highest BCUT2D eigenvalue weighted by Gasteiger charge is 2.31. The molecule has 0 aromatic heterocycles. The molecule has 1 fully saturated rings. The molecule has 0 bridgehead atoms. The molecule has 1 saturated carbocycles. The summed E-state index contributed by atoms with van der Waals surface area (Å²) >= 11 is 5.99. The van der Waals surface area contributed by atoms with Crippen LogP contribution in [-0.4, -0.2) is 26.2 Å². The minimum Gasteiger partial charge on any atom is -0.398 e. The zero-order chi connectivity index (χ0) is 14.9. The van der Waals surface area contributed by atoms with Crippen LogP contribution in [0.15, 0.2) is 17.0 Å². The Bertz CT molecular complexity index is 581. The van der Waals surface area contributed by atoms with E-state index in [9.17, 15) is 13.5 Å². The van der Waals surface area contributed by atoms with Crippen molar-refractivity contribution in [3.8, 4) is 0 Å². The minimum atomic E-state index is -3.67. The molecule has 2 rings (SSSR count). The average molecular weight is 319 g/mol. The molecule has 0 amide bonds. The number of hydrogen-bond acceptors (Lipinski definition) is 4. The first-order valence-electron chi connectivity index (χ1n) is 6.54. The van der Waals surface area contributed by atoms with Crippen LogP contribution in [0.25, 0.3) is 0 Å². The number of rotatable bonds is 4. The predicted molar refractivity (Wildman–Crippen MR) is 79.1 cm³/mol. The number of aliphatic hydroxyl groups is 1. The number of hydrogen-bond donors (Lipinski definition) is 3. The highest BCUT2D eigenvalue weighted by Crippen LogP contribution is 2.29. The van der Waals surface area contributed by atoms with Gasteiger partial charge in [0, 0.05) is 23.4 Å². The number of anilines is 1.